The molecule has 3 aromatic carbocycles. The Hall–Kier alpha value is -3.67. The van der Waals surface area contributed by atoms with Crippen LogP contribution in [0.1, 0.15) is 5.56 Å². The van der Waals surface area contributed by atoms with Gasteiger partial charge in [-0.15, -0.1) is 0 Å². The molecular weight excluding hydrogens is 386 g/mol. The summed E-state index contributed by atoms with van der Waals surface area (Å²) in [7, 11) is 3.86. The van der Waals surface area contributed by atoms with E-state index in [0.717, 1.165) is 5.69 Å². The quantitative estimate of drug-likeness (QED) is 0.477. The molecule has 0 aliphatic carbocycles. The Balaban J connectivity index is 1.70. The number of hydrogen-bond donors (Lipinski definition) is 1. The van der Waals surface area contributed by atoms with Gasteiger partial charge in [0.25, 0.3) is 0 Å². The molecule has 0 unspecified atom stereocenters. The number of ether oxygens (including phenoxy) is 1. The Kier molecular flexibility index (Phi) is 4.99. The van der Waals surface area contributed by atoms with Crippen molar-refractivity contribution >= 4 is 16.6 Å². The number of halogens is 2. The first-order chi connectivity index (χ1) is 14.3. The first-order valence-electron chi connectivity index (χ1n) is 9.41. The monoisotopic (exact) mass is 406 g/mol. The van der Waals surface area contributed by atoms with Crippen LogP contribution in [-0.4, -0.2) is 19.1 Å². The SMILES string of the molecule is Cc1c(-c2ccc(Oc3ccc(N(C)C)cc3)c(F)c2)[nH]c2cccc(F)c2c1=O. The van der Waals surface area contributed by atoms with Crippen molar-refractivity contribution in [3.05, 3.63) is 88.1 Å². The summed E-state index contributed by atoms with van der Waals surface area (Å²) in [4.78, 5) is 17.6. The van der Waals surface area contributed by atoms with Crippen LogP contribution < -0.4 is 15.1 Å². The predicted molar refractivity (Wildman–Crippen MR) is 116 cm³/mol. The second kappa shape index (κ2) is 7.63. The number of hydrogen-bond acceptors (Lipinski definition) is 3. The molecule has 0 atom stereocenters. The normalized spacial score (nSPS) is 11.0. The molecule has 4 aromatic rings. The van der Waals surface area contributed by atoms with Crippen molar-refractivity contribution < 1.29 is 13.5 Å². The van der Waals surface area contributed by atoms with E-state index in [0.29, 0.717) is 28.1 Å². The lowest BCUT2D eigenvalue weighted by atomic mass is 10.0. The molecule has 4 nitrogen and oxygen atoms in total. The van der Waals surface area contributed by atoms with E-state index in [-0.39, 0.29) is 11.1 Å². The van der Waals surface area contributed by atoms with Gasteiger partial charge < -0.3 is 14.6 Å². The van der Waals surface area contributed by atoms with Gasteiger partial charge in [0.05, 0.1) is 16.6 Å². The van der Waals surface area contributed by atoms with Gasteiger partial charge in [0.1, 0.15) is 11.6 Å². The van der Waals surface area contributed by atoms with Crippen molar-refractivity contribution in [1.82, 2.24) is 4.98 Å². The third-order valence-electron chi connectivity index (χ3n) is 5.02. The third kappa shape index (κ3) is 3.52. The Morgan fingerprint density at radius 2 is 1.67 bits per heavy atom. The molecule has 1 N–H and O–H groups in total. The molecule has 0 saturated carbocycles. The van der Waals surface area contributed by atoms with E-state index >= 15 is 0 Å². The van der Waals surface area contributed by atoms with Crippen LogP contribution in [0, 0.1) is 18.6 Å². The van der Waals surface area contributed by atoms with Gasteiger partial charge in [0.15, 0.2) is 17.0 Å². The number of nitrogens with zero attached hydrogens (tertiary/aromatic N) is 1. The number of rotatable bonds is 4. The summed E-state index contributed by atoms with van der Waals surface area (Å²) in [6.45, 7) is 1.59. The number of H-pyrrole nitrogens is 1. The van der Waals surface area contributed by atoms with E-state index in [1.54, 1.807) is 31.2 Å². The minimum absolute atomic E-state index is 0.000321. The molecule has 0 aliphatic rings. The van der Waals surface area contributed by atoms with E-state index < -0.39 is 17.1 Å². The van der Waals surface area contributed by atoms with E-state index in [4.69, 9.17) is 4.74 Å². The zero-order chi connectivity index (χ0) is 21.4. The molecule has 0 aliphatic heterocycles. The van der Waals surface area contributed by atoms with Crippen molar-refractivity contribution in [3.8, 4) is 22.8 Å². The fourth-order valence-electron chi connectivity index (χ4n) is 3.36. The van der Waals surface area contributed by atoms with Gasteiger partial charge in [-0.25, -0.2) is 8.78 Å². The van der Waals surface area contributed by atoms with Crippen molar-refractivity contribution in [3.63, 3.8) is 0 Å². The molecule has 152 valence electrons. The zero-order valence-corrected chi connectivity index (χ0v) is 16.8. The molecule has 0 spiro atoms. The topological polar surface area (TPSA) is 45.3 Å². The minimum atomic E-state index is -0.585. The summed E-state index contributed by atoms with van der Waals surface area (Å²) in [6.07, 6.45) is 0. The van der Waals surface area contributed by atoms with E-state index in [1.807, 2.05) is 31.1 Å². The van der Waals surface area contributed by atoms with Gasteiger partial charge in [-0.2, -0.15) is 0 Å². The predicted octanol–water partition coefficient (Wildman–Crippen LogP) is 5.64. The Bertz CT molecular complexity index is 1300. The lowest BCUT2D eigenvalue weighted by Crippen LogP contribution is -2.11. The number of pyridine rings is 1. The van der Waals surface area contributed by atoms with Gasteiger partial charge in [-0.1, -0.05) is 6.07 Å². The van der Waals surface area contributed by atoms with E-state index in [9.17, 15) is 13.6 Å². The Morgan fingerprint density at radius 1 is 0.933 bits per heavy atom. The molecule has 1 aromatic heterocycles. The summed E-state index contributed by atoms with van der Waals surface area (Å²) in [5.74, 6) is -0.566. The first kappa shape index (κ1) is 19.6. The maximum Gasteiger partial charge on any atom is 0.195 e. The number of aromatic amines is 1. The highest BCUT2D eigenvalue weighted by molar-refractivity contribution is 5.83. The first-order valence-corrected chi connectivity index (χ1v) is 9.41. The highest BCUT2D eigenvalue weighted by Gasteiger charge is 2.15. The van der Waals surface area contributed by atoms with Crippen LogP contribution in [-0.2, 0) is 0 Å². The van der Waals surface area contributed by atoms with Crippen molar-refractivity contribution in [2.24, 2.45) is 0 Å². The maximum atomic E-state index is 14.8. The largest absolute Gasteiger partial charge is 0.454 e. The standard InChI is InChI=1S/C24H20F2N2O2/c1-14-23(27-20-6-4-5-18(25)22(20)24(14)29)15-7-12-21(19(26)13-15)30-17-10-8-16(9-11-17)28(2)3/h4-13H,1-3H3,(H,27,29). The maximum absolute atomic E-state index is 14.8. The fraction of sp³-hybridized carbons (Fsp3) is 0.125. The average Bonchev–Trinajstić information content (AvgIpc) is 2.72. The number of aromatic nitrogens is 1. The van der Waals surface area contributed by atoms with Crippen LogP contribution in [0.5, 0.6) is 11.5 Å². The van der Waals surface area contributed by atoms with Crippen LogP contribution in [0.4, 0.5) is 14.5 Å². The molecule has 0 saturated heterocycles. The molecule has 4 rings (SSSR count). The Morgan fingerprint density at radius 3 is 2.33 bits per heavy atom. The summed E-state index contributed by atoms with van der Waals surface area (Å²) < 4.78 is 34.5. The second-order valence-electron chi connectivity index (χ2n) is 7.25. The zero-order valence-electron chi connectivity index (χ0n) is 16.8. The molecule has 0 fully saturated rings. The second-order valence-corrected chi connectivity index (χ2v) is 7.25. The summed E-state index contributed by atoms with van der Waals surface area (Å²) in [5, 5.41) is 0.000321. The van der Waals surface area contributed by atoms with Crippen molar-refractivity contribution in [2.75, 3.05) is 19.0 Å². The average molecular weight is 406 g/mol. The molecule has 0 bridgehead atoms. The van der Waals surface area contributed by atoms with Gasteiger partial charge in [0.2, 0.25) is 0 Å². The summed E-state index contributed by atoms with van der Waals surface area (Å²) in [5.41, 5.74) is 2.19. The van der Waals surface area contributed by atoms with Gasteiger partial charge in [-0.3, -0.25) is 4.79 Å². The van der Waals surface area contributed by atoms with Gasteiger partial charge in [-0.05, 0) is 61.5 Å². The van der Waals surface area contributed by atoms with Crippen LogP contribution in [0.15, 0.2) is 65.5 Å². The molecule has 0 amide bonds. The van der Waals surface area contributed by atoms with Gasteiger partial charge in [0, 0.05) is 30.9 Å². The number of anilines is 1. The molecule has 1 heterocycles. The Labute approximate surface area is 172 Å². The van der Waals surface area contributed by atoms with Crippen LogP contribution in [0.3, 0.4) is 0 Å². The molecule has 6 heteroatoms. The molecule has 0 radical (unpaired) electrons. The highest BCUT2D eigenvalue weighted by Crippen LogP contribution is 2.30. The fourth-order valence-corrected chi connectivity index (χ4v) is 3.36. The third-order valence-corrected chi connectivity index (χ3v) is 5.02. The van der Waals surface area contributed by atoms with Crippen LogP contribution in [0.2, 0.25) is 0 Å². The van der Waals surface area contributed by atoms with Crippen LogP contribution >= 0.6 is 0 Å². The van der Waals surface area contributed by atoms with Crippen LogP contribution in [0.25, 0.3) is 22.2 Å². The van der Waals surface area contributed by atoms with Crippen molar-refractivity contribution in [2.45, 2.75) is 6.92 Å². The summed E-state index contributed by atoms with van der Waals surface area (Å²) in [6, 6.07) is 16.1. The molecule has 30 heavy (non-hydrogen) atoms. The van der Waals surface area contributed by atoms with Gasteiger partial charge >= 0.3 is 0 Å². The lowest BCUT2D eigenvalue weighted by molar-refractivity contribution is 0.442. The number of nitrogens with one attached hydrogen (secondary N) is 1. The van der Waals surface area contributed by atoms with Crippen molar-refractivity contribution in [1.29, 1.82) is 0 Å². The molecular formula is C24H20F2N2O2. The highest BCUT2D eigenvalue weighted by atomic mass is 19.1. The van der Waals surface area contributed by atoms with E-state index in [1.165, 1.54) is 24.3 Å². The number of fused-ring (bicyclic) bond motifs is 1. The lowest BCUT2D eigenvalue weighted by Gasteiger charge is -2.14. The number of benzene rings is 3. The minimum Gasteiger partial charge on any atom is -0.454 e. The smallest absolute Gasteiger partial charge is 0.195 e. The van der Waals surface area contributed by atoms with E-state index in [2.05, 4.69) is 4.98 Å². The summed E-state index contributed by atoms with van der Waals surface area (Å²) >= 11 is 0.